The summed E-state index contributed by atoms with van der Waals surface area (Å²) in [7, 11) is 0. The molecule has 0 atom stereocenters. The summed E-state index contributed by atoms with van der Waals surface area (Å²) in [5.41, 5.74) is 3.05. The van der Waals surface area contributed by atoms with Gasteiger partial charge in [0.2, 0.25) is 0 Å². The van der Waals surface area contributed by atoms with Crippen LogP contribution in [0.1, 0.15) is 21.6 Å². The first-order chi connectivity index (χ1) is 14.0. The molecule has 0 unspecified atom stereocenters. The number of fused-ring (bicyclic) bond motifs is 1. The van der Waals surface area contributed by atoms with Gasteiger partial charge in [0.15, 0.2) is 0 Å². The third kappa shape index (κ3) is 3.75. The molecule has 4 rings (SSSR count). The van der Waals surface area contributed by atoms with Gasteiger partial charge in [-0.15, -0.1) is 0 Å². The Labute approximate surface area is 172 Å². The predicted octanol–water partition coefficient (Wildman–Crippen LogP) is 4.26. The third-order valence-corrected chi connectivity index (χ3v) is 4.99. The molecule has 144 valence electrons. The van der Waals surface area contributed by atoms with E-state index in [-0.39, 0.29) is 5.82 Å². The van der Waals surface area contributed by atoms with Crippen molar-refractivity contribution >= 4 is 40.0 Å². The molecule has 6 nitrogen and oxygen atoms in total. The van der Waals surface area contributed by atoms with Crippen molar-refractivity contribution in [2.24, 2.45) is 0 Å². The molecule has 4 aromatic rings. The van der Waals surface area contributed by atoms with E-state index < -0.39 is 11.7 Å². The predicted molar refractivity (Wildman–Crippen MR) is 112 cm³/mol. The van der Waals surface area contributed by atoms with Crippen molar-refractivity contribution in [2.45, 2.75) is 13.5 Å². The Hall–Kier alpha value is -3.51. The minimum atomic E-state index is -0.735. The molecule has 0 aliphatic carbocycles. The van der Waals surface area contributed by atoms with E-state index in [0.29, 0.717) is 17.1 Å². The van der Waals surface area contributed by atoms with Crippen LogP contribution in [0, 0.1) is 6.92 Å². The molecule has 7 heteroatoms. The molecular weight excluding hydrogens is 388 g/mol. The lowest BCUT2D eigenvalue weighted by Gasteiger charge is -2.09. The van der Waals surface area contributed by atoms with Crippen molar-refractivity contribution in [1.29, 1.82) is 0 Å². The first kappa shape index (κ1) is 18.8. The number of anilines is 1. The summed E-state index contributed by atoms with van der Waals surface area (Å²) in [6.07, 6.45) is 2.81. The lowest BCUT2D eigenvalue weighted by atomic mass is 10.1. The highest BCUT2D eigenvalue weighted by Crippen LogP contribution is 2.28. The molecule has 1 N–H and O–H groups in total. The van der Waals surface area contributed by atoms with Crippen molar-refractivity contribution in [1.82, 2.24) is 14.5 Å². The van der Waals surface area contributed by atoms with E-state index in [0.717, 1.165) is 22.2 Å². The average molecular weight is 405 g/mol. The zero-order valence-electron chi connectivity index (χ0n) is 15.6. The van der Waals surface area contributed by atoms with Crippen LogP contribution >= 0.6 is 11.6 Å². The molecule has 0 radical (unpaired) electrons. The lowest BCUT2D eigenvalue weighted by Crippen LogP contribution is -2.24. The lowest BCUT2D eigenvalue weighted by molar-refractivity contribution is -0.112. The molecule has 0 aliphatic heterocycles. The molecule has 2 aromatic heterocycles. The number of Topliss-reactive ketones (excluding diaryl/α,β-unsaturated/α-hetero) is 1. The second-order valence-electron chi connectivity index (χ2n) is 6.57. The van der Waals surface area contributed by atoms with E-state index in [1.807, 2.05) is 60.0 Å². The van der Waals surface area contributed by atoms with Crippen LogP contribution in [0.4, 0.5) is 5.82 Å². The number of benzene rings is 2. The molecule has 0 saturated carbocycles. The number of halogens is 1. The number of amides is 1. The number of carbonyl (C=O) groups excluding carboxylic acids is 2. The summed E-state index contributed by atoms with van der Waals surface area (Å²) >= 11 is 5.98. The zero-order chi connectivity index (χ0) is 20.4. The van der Waals surface area contributed by atoms with Gasteiger partial charge in [-0.25, -0.2) is 9.97 Å². The van der Waals surface area contributed by atoms with E-state index >= 15 is 0 Å². The number of carbonyl (C=O) groups is 2. The summed E-state index contributed by atoms with van der Waals surface area (Å²) in [5, 5.41) is 3.94. The van der Waals surface area contributed by atoms with Crippen LogP contribution in [0.15, 0.2) is 67.1 Å². The second kappa shape index (κ2) is 7.85. The summed E-state index contributed by atoms with van der Waals surface area (Å²) in [4.78, 5) is 33.3. The summed E-state index contributed by atoms with van der Waals surface area (Å²) in [6.45, 7) is 2.41. The van der Waals surface area contributed by atoms with Gasteiger partial charge in [-0.05, 0) is 36.8 Å². The second-order valence-corrected chi connectivity index (χ2v) is 7.00. The van der Waals surface area contributed by atoms with Crippen molar-refractivity contribution < 1.29 is 9.59 Å². The fraction of sp³-hybridized carbons (Fsp3) is 0.0909. The molecule has 0 fully saturated rings. The maximum absolute atomic E-state index is 13.0. The van der Waals surface area contributed by atoms with Crippen LogP contribution in [0.3, 0.4) is 0 Å². The van der Waals surface area contributed by atoms with Gasteiger partial charge >= 0.3 is 0 Å². The fourth-order valence-corrected chi connectivity index (χ4v) is 3.47. The Morgan fingerprint density at radius 1 is 1.07 bits per heavy atom. The molecule has 2 aromatic carbocycles. The summed E-state index contributed by atoms with van der Waals surface area (Å²) < 4.78 is 2.03. The van der Waals surface area contributed by atoms with Crippen molar-refractivity contribution in [3.05, 3.63) is 89.0 Å². The Morgan fingerprint density at radius 2 is 1.83 bits per heavy atom. The highest BCUT2D eigenvalue weighted by atomic mass is 35.5. The van der Waals surface area contributed by atoms with E-state index in [1.165, 1.54) is 18.6 Å². The monoisotopic (exact) mass is 404 g/mol. The Morgan fingerprint density at radius 3 is 2.55 bits per heavy atom. The standard InChI is InChI=1S/C22H17ClN4O2/c1-14-20(21(28)22(29)26-19-10-11-24-13-25-19)17-4-2-3-5-18(17)27(14)12-15-6-8-16(23)9-7-15/h2-11,13H,12H2,1H3,(H,24,25,26,29). The first-order valence-electron chi connectivity index (χ1n) is 8.98. The summed E-state index contributed by atoms with van der Waals surface area (Å²) in [5.74, 6) is -1.06. The average Bonchev–Trinajstić information content (AvgIpc) is 3.01. The minimum Gasteiger partial charge on any atom is -0.340 e. The normalized spacial score (nSPS) is 10.8. The largest absolute Gasteiger partial charge is 0.340 e. The van der Waals surface area contributed by atoms with Gasteiger partial charge in [0.1, 0.15) is 12.1 Å². The quantitative estimate of drug-likeness (QED) is 0.398. The van der Waals surface area contributed by atoms with Crippen LogP contribution in [0.25, 0.3) is 10.9 Å². The zero-order valence-corrected chi connectivity index (χ0v) is 16.3. The molecule has 0 spiro atoms. The Kier molecular flexibility index (Phi) is 5.10. The fourth-order valence-electron chi connectivity index (χ4n) is 3.34. The van der Waals surface area contributed by atoms with Gasteiger partial charge in [-0.1, -0.05) is 41.9 Å². The van der Waals surface area contributed by atoms with Gasteiger partial charge in [0.05, 0.1) is 5.56 Å². The molecule has 29 heavy (non-hydrogen) atoms. The van der Waals surface area contributed by atoms with Crippen molar-refractivity contribution in [3.63, 3.8) is 0 Å². The molecular formula is C22H17ClN4O2. The van der Waals surface area contributed by atoms with Gasteiger partial charge in [0.25, 0.3) is 11.7 Å². The van der Waals surface area contributed by atoms with Crippen LogP contribution in [-0.2, 0) is 11.3 Å². The SMILES string of the molecule is Cc1c(C(=O)C(=O)Nc2ccncn2)c2ccccc2n1Cc1ccc(Cl)cc1. The molecule has 1 amide bonds. The summed E-state index contributed by atoms with van der Waals surface area (Å²) in [6, 6.07) is 16.6. The van der Waals surface area contributed by atoms with E-state index in [4.69, 9.17) is 11.6 Å². The maximum atomic E-state index is 13.0. The maximum Gasteiger partial charge on any atom is 0.298 e. The first-order valence-corrected chi connectivity index (χ1v) is 9.36. The van der Waals surface area contributed by atoms with E-state index in [1.54, 1.807) is 0 Å². The topological polar surface area (TPSA) is 76.9 Å². The number of para-hydroxylation sites is 1. The van der Waals surface area contributed by atoms with Crippen molar-refractivity contribution in [2.75, 3.05) is 5.32 Å². The Bertz CT molecular complexity index is 1200. The highest BCUT2D eigenvalue weighted by molar-refractivity contribution is 6.48. The van der Waals surface area contributed by atoms with Crippen LogP contribution in [-0.4, -0.2) is 26.2 Å². The smallest absolute Gasteiger partial charge is 0.298 e. The number of ketones is 1. The number of nitrogens with one attached hydrogen (secondary N) is 1. The molecule has 0 saturated heterocycles. The Balaban J connectivity index is 1.72. The number of rotatable bonds is 5. The van der Waals surface area contributed by atoms with Crippen LogP contribution in [0.5, 0.6) is 0 Å². The van der Waals surface area contributed by atoms with Crippen LogP contribution < -0.4 is 5.32 Å². The van der Waals surface area contributed by atoms with Gasteiger partial charge in [0, 0.05) is 34.4 Å². The van der Waals surface area contributed by atoms with Gasteiger partial charge in [-0.3, -0.25) is 9.59 Å². The van der Waals surface area contributed by atoms with Crippen molar-refractivity contribution in [3.8, 4) is 0 Å². The minimum absolute atomic E-state index is 0.279. The van der Waals surface area contributed by atoms with Gasteiger partial charge < -0.3 is 9.88 Å². The van der Waals surface area contributed by atoms with E-state index in [9.17, 15) is 9.59 Å². The number of hydrogen-bond acceptors (Lipinski definition) is 4. The van der Waals surface area contributed by atoms with Crippen LogP contribution in [0.2, 0.25) is 5.02 Å². The molecule has 0 aliphatic rings. The third-order valence-electron chi connectivity index (χ3n) is 4.74. The van der Waals surface area contributed by atoms with E-state index in [2.05, 4.69) is 15.3 Å². The molecule has 0 bridgehead atoms. The number of hydrogen-bond donors (Lipinski definition) is 1. The van der Waals surface area contributed by atoms with Gasteiger partial charge in [-0.2, -0.15) is 0 Å². The molecule has 2 heterocycles. The number of aromatic nitrogens is 3. The highest BCUT2D eigenvalue weighted by Gasteiger charge is 2.25. The number of nitrogens with zero attached hydrogens (tertiary/aromatic N) is 3.